The van der Waals surface area contributed by atoms with E-state index in [-0.39, 0.29) is 6.42 Å². The van der Waals surface area contributed by atoms with E-state index in [1.165, 1.54) is 18.4 Å². The fourth-order valence-corrected chi connectivity index (χ4v) is 2.05. The first-order chi connectivity index (χ1) is 7.04. The largest absolute Gasteiger partial charge is 0.467 e. The molecule has 0 aromatic carbocycles. The zero-order valence-electron chi connectivity index (χ0n) is 9.06. The average molecular weight is 229 g/mol. The van der Waals surface area contributed by atoms with Crippen LogP contribution in [0.5, 0.6) is 0 Å². The number of ether oxygens (including phenoxy) is 1. The van der Waals surface area contributed by atoms with Gasteiger partial charge in [0.2, 0.25) is 0 Å². The van der Waals surface area contributed by atoms with Crippen molar-refractivity contribution in [1.29, 1.82) is 0 Å². The van der Waals surface area contributed by atoms with E-state index in [0.29, 0.717) is 5.92 Å². The first-order valence-corrected chi connectivity index (χ1v) is 5.56. The van der Waals surface area contributed by atoms with Crippen LogP contribution in [0.3, 0.4) is 0 Å². The number of aromatic nitrogens is 1. The van der Waals surface area contributed by atoms with Gasteiger partial charge in [-0.3, -0.25) is 0 Å². The summed E-state index contributed by atoms with van der Waals surface area (Å²) in [5.74, 6) is -0.228. The second-order valence-corrected chi connectivity index (χ2v) is 4.71. The molecule has 0 spiro atoms. The Bertz CT molecular complexity index is 335. The average Bonchev–Trinajstić information content (AvgIpc) is 2.65. The molecule has 0 radical (unpaired) electrons. The lowest BCUT2D eigenvalue weighted by atomic mass is 10.2. The van der Waals surface area contributed by atoms with E-state index in [0.717, 1.165) is 9.88 Å². The topological polar surface area (TPSA) is 59.4 Å². The number of thiazole rings is 1. The number of esters is 1. The molecule has 1 N–H and O–H groups in total. The van der Waals surface area contributed by atoms with Crippen molar-refractivity contribution in [3.05, 3.63) is 16.1 Å². The van der Waals surface area contributed by atoms with Crippen molar-refractivity contribution >= 4 is 17.3 Å². The Morgan fingerprint density at radius 3 is 2.80 bits per heavy atom. The first kappa shape index (κ1) is 12.1. The lowest BCUT2D eigenvalue weighted by Crippen LogP contribution is -2.23. The third-order valence-corrected chi connectivity index (χ3v) is 3.25. The highest BCUT2D eigenvalue weighted by atomic mass is 32.1. The quantitative estimate of drug-likeness (QED) is 0.792. The summed E-state index contributed by atoms with van der Waals surface area (Å²) in [6.45, 7) is 4.11. The summed E-state index contributed by atoms with van der Waals surface area (Å²) in [5, 5.41) is 10.4. The Labute approximate surface area is 92.9 Å². The molecule has 0 saturated carbocycles. The fourth-order valence-electron chi connectivity index (χ4n) is 1.09. The van der Waals surface area contributed by atoms with E-state index in [9.17, 15) is 9.90 Å². The van der Waals surface area contributed by atoms with Crippen molar-refractivity contribution in [2.75, 3.05) is 7.11 Å². The number of hydrogen-bond acceptors (Lipinski definition) is 5. The summed E-state index contributed by atoms with van der Waals surface area (Å²) in [6.07, 6.45) is 0.888. The molecule has 1 aromatic rings. The van der Waals surface area contributed by atoms with Gasteiger partial charge in [-0.1, -0.05) is 13.8 Å². The standard InChI is InChI=1S/C10H15NO3S/c1-6(2)9-11-5-7(15-9)4-8(12)10(13)14-3/h5-6,8,12H,4H2,1-3H3. The van der Waals surface area contributed by atoms with Crippen LogP contribution < -0.4 is 0 Å². The summed E-state index contributed by atoms with van der Waals surface area (Å²) in [6, 6.07) is 0. The zero-order chi connectivity index (χ0) is 11.4. The van der Waals surface area contributed by atoms with Crippen LogP contribution in [-0.2, 0) is 16.0 Å². The normalized spacial score (nSPS) is 12.9. The molecule has 84 valence electrons. The Kier molecular flexibility index (Phi) is 4.23. The van der Waals surface area contributed by atoms with E-state index < -0.39 is 12.1 Å². The molecule has 1 aromatic heterocycles. The third-order valence-electron chi connectivity index (χ3n) is 1.93. The molecule has 5 heteroatoms. The van der Waals surface area contributed by atoms with E-state index in [1.54, 1.807) is 6.20 Å². The Morgan fingerprint density at radius 1 is 1.67 bits per heavy atom. The van der Waals surface area contributed by atoms with Crippen molar-refractivity contribution < 1.29 is 14.6 Å². The number of carbonyl (C=O) groups is 1. The van der Waals surface area contributed by atoms with Crippen LogP contribution >= 0.6 is 11.3 Å². The first-order valence-electron chi connectivity index (χ1n) is 4.75. The maximum atomic E-state index is 11.0. The summed E-state index contributed by atoms with van der Waals surface area (Å²) in [5.41, 5.74) is 0. The zero-order valence-corrected chi connectivity index (χ0v) is 9.87. The van der Waals surface area contributed by atoms with E-state index in [2.05, 4.69) is 23.6 Å². The molecule has 15 heavy (non-hydrogen) atoms. The maximum Gasteiger partial charge on any atom is 0.335 e. The molecule has 0 amide bonds. The van der Waals surface area contributed by atoms with Crippen LogP contribution in [0, 0.1) is 0 Å². The molecule has 0 saturated heterocycles. The van der Waals surface area contributed by atoms with Crippen LogP contribution in [0.4, 0.5) is 0 Å². The molecule has 1 unspecified atom stereocenters. The minimum atomic E-state index is -1.09. The Balaban J connectivity index is 2.61. The van der Waals surface area contributed by atoms with Gasteiger partial charge in [-0.15, -0.1) is 11.3 Å². The smallest absolute Gasteiger partial charge is 0.335 e. The van der Waals surface area contributed by atoms with Gasteiger partial charge in [0.15, 0.2) is 6.10 Å². The number of aliphatic hydroxyl groups is 1. The highest BCUT2D eigenvalue weighted by molar-refractivity contribution is 7.11. The minimum absolute atomic E-state index is 0.275. The lowest BCUT2D eigenvalue weighted by molar-refractivity contribution is -0.150. The Morgan fingerprint density at radius 2 is 2.33 bits per heavy atom. The van der Waals surface area contributed by atoms with Crippen LogP contribution in [0.15, 0.2) is 6.20 Å². The highest BCUT2D eigenvalue weighted by Crippen LogP contribution is 2.22. The summed E-state index contributed by atoms with van der Waals surface area (Å²) in [4.78, 5) is 16.1. The molecule has 0 aliphatic rings. The van der Waals surface area contributed by atoms with Crippen molar-refractivity contribution in [2.24, 2.45) is 0 Å². The summed E-state index contributed by atoms with van der Waals surface area (Å²) >= 11 is 1.52. The van der Waals surface area contributed by atoms with Crippen molar-refractivity contribution in [3.8, 4) is 0 Å². The SMILES string of the molecule is COC(=O)C(O)Cc1cnc(C(C)C)s1. The Hall–Kier alpha value is -0.940. The molecule has 1 heterocycles. The van der Waals surface area contributed by atoms with Crippen LogP contribution in [0.2, 0.25) is 0 Å². The summed E-state index contributed by atoms with van der Waals surface area (Å²) in [7, 11) is 1.26. The van der Waals surface area contributed by atoms with Gasteiger partial charge in [-0.25, -0.2) is 9.78 Å². The van der Waals surface area contributed by atoms with Crippen molar-refractivity contribution in [2.45, 2.75) is 32.3 Å². The number of hydrogen-bond donors (Lipinski definition) is 1. The number of aliphatic hydroxyl groups excluding tert-OH is 1. The minimum Gasteiger partial charge on any atom is -0.467 e. The van der Waals surface area contributed by atoms with E-state index in [1.807, 2.05) is 0 Å². The van der Waals surface area contributed by atoms with Crippen LogP contribution in [0.25, 0.3) is 0 Å². The van der Waals surface area contributed by atoms with Gasteiger partial charge in [0.25, 0.3) is 0 Å². The highest BCUT2D eigenvalue weighted by Gasteiger charge is 2.17. The molecule has 0 aliphatic carbocycles. The summed E-state index contributed by atoms with van der Waals surface area (Å²) < 4.78 is 4.43. The maximum absolute atomic E-state index is 11.0. The second-order valence-electron chi connectivity index (χ2n) is 3.56. The van der Waals surface area contributed by atoms with Gasteiger partial charge < -0.3 is 9.84 Å². The predicted molar refractivity (Wildman–Crippen MR) is 57.9 cm³/mol. The van der Waals surface area contributed by atoms with Gasteiger partial charge in [-0.05, 0) is 0 Å². The van der Waals surface area contributed by atoms with Gasteiger partial charge in [0.05, 0.1) is 12.1 Å². The van der Waals surface area contributed by atoms with Crippen LogP contribution in [0.1, 0.15) is 29.7 Å². The predicted octanol–water partition coefficient (Wildman–Crippen LogP) is 1.34. The van der Waals surface area contributed by atoms with Gasteiger partial charge >= 0.3 is 5.97 Å². The van der Waals surface area contributed by atoms with Crippen LogP contribution in [-0.4, -0.2) is 29.3 Å². The van der Waals surface area contributed by atoms with E-state index in [4.69, 9.17) is 0 Å². The molecule has 0 fully saturated rings. The molecule has 1 atom stereocenters. The molecular weight excluding hydrogens is 214 g/mol. The molecule has 4 nitrogen and oxygen atoms in total. The third kappa shape index (κ3) is 3.28. The number of rotatable bonds is 4. The molecule has 0 bridgehead atoms. The van der Waals surface area contributed by atoms with E-state index >= 15 is 0 Å². The molecular formula is C10H15NO3S. The van der Waals surface area contributed by atoms with Gasteiger partial charge in [-0.2, -0.15) is 0 Å². The second kappa shape index (κ2) is 5.23. The number of methoxy groups -OCH3 is 1. The molecule has 1 rings (SSSR count). The number of carbonyl (C=O) groups excluding carboxylic acids is 1. The van der Waals surface area contributed by atoms with Crippen molar-refractivity contribution in [3.63, 3.8) is 0 Å². The number of nitrogens with zero attached hydrogens (tertiary/aromatic N) is 1. The van der Waals surface area contributed by atoms with Gasteiger partial charge in [0, 0.05) is 23.4 Å². The molecule has 0 aliphatic heterocycles. The van der Waals surface area contributed by atoms with Crippen molar-refractivity contribution in [1.82, 2.24) is 4.98 Å². The lowest BCUT2D eigenvalue weighted by Gasteiger charge is -2.05. The fraction of sp³-hybridized carbons (Fsp3) is 0.600. The monoisotopic (exact) mass is 229 g/mol. The van der Waals surface area contributed by atoms with Gasteiger partial charge in [0.1, 0.15) is 0 Å².